The van der Waals surface area contributed by atoms with Crippen LogP contribution in [0.25, 0.3) is 11.1 Å². The molecule has 2 aliphatic rings. The van der Waals surface area contributed by atoms with Crippen molar-refractivity contribution in [3.63, 3.8) is 0 Å². The highest BCUT2D eigenvalue weighted by atomic mass is 16.6. The zero-order chi connectivity index (χ0) is 25.5. The van der Waals surface area contributed by atoms with Gasteiger partial charge in [-0.05, 0) is 72.9 Å². The van der Waals surface area contributed by atoms with Gasteiger partial charge in [-0.1, -0.05) is 55.5 Å². The Balaban J connectivity index is 1.26. The molecule has 0 aromatic heterocycles. The number of hydrogen-bond acceptors (Lipinski definition) is 5. The monoisotopic (exact) mass is 494 g/mol. The normalized spacial score (nSPS) is 18.7. The summed E-state index contributed by atoms with van der Waals surface area (Å²) < 4.78 is 11.3. The lowest BCUT2D eigenvalue weighted by Gasteiger charge is -2.26. The Labute approximate surface area is 213 Å². The zero-order valence-electron chi connectivity index (χ0n) is 21.3. The molecule has 7 heteroatoms. The number of nitrogens with zero attached hydrogens (tertiary/aromatic N) is 1. The molecule has 3 atom stereocenters. The molecular weight excluding hydrogens is 456 g/mol. The van der Waals surface area contributed by atoms with E-state index in [2.05, 4.69) is 36.5 Å². The number of rotatable bonds is 11. The fraction of sp³-hybridized carbons (Fsp3) is 0.517. The van der Waals surface area contributed by atoms with Gasteiger partial charge in [0.2, 0.25) is 0 Å². The van der Waals surface area contributed by atoms with Crippen LogP contribution in [-0.2, 0) is 14.3 Å². The highest BCUT2D eigenvalue weighted by Crippen LogP contribution is 2.44. The molecule has 1 aliphatic carbocycles. The van der Waals surface area contributed by atoms with E-state index >= 15 is 0 Å². The van der Waals surface area contributed by atoms with Gasteiger partial charge in [-0.15, -0.1) is 0 Å². The summed E-state index contributed by atoms with van der Waals surface area (Å²) in [5.41, 5.74) is 4.53. The summed E-state index contributed by atoms with van der Waals surface area (Å²) >= 11 is 0. The molecule has 2 unspecified atom stereocenters. The molecule has 7 nitrogen and oxygen atoms in total. The Morgan fingerprint density at radius 1 is 1.11 bits per heavy atom. The van der Waals surface area contributed by atoms with Gasteiger partial charge < -0.3 is 19.9 Å². The van der Waals surface area contributed by atoms with Crippen molar-refractivity contribution in [1.29, 1.82) is 0 Å². The predicted molar refractivity (Wildman–Crippen MR) is 139 cm³/mol. The Morgan fingerprint density at radius 3 is 2.39 bits per heavy atom. The Bertz CT molecular complexity index is 990. The lowest BCUT2D eigenvalue weighted by Crippen LogP contribution is -2.46. The predicted octanol–water partition coefficient (Wildman–Crippen LogP) is 4.75. The Kier molecular flexibility index (Phi) is 8.99. The van der Waals surface area contributed by atoms with Gasteiger partial charge in [0, 0.05) is 19.6 Å². The molecule has 194 valence electrons. The van der Waals surface area contributed by atoms with Crippen molar-refractivity contribution in [2.24, 2.45) is 11.8 Å². The van der Waals surface area contributed by atoms with E-state index in [1.165, 1.54) is 19.9 Å². The van der Waals surface area contributed by atoms with Crippen LogP contribution in [0.15, 0.2) is 48.5 Å². The Hall–Kier alpha value is -2.90. The summed E-state index contributed by atoms with van der Waals surface area (Å²) in [5.74, 6) is 0.0423. The van der Waals surface area contributed by atoms with Crippen LogP contribution in [0.2, 0.25) is 0 Å². The highest BCUT2D eigenvalue weighted by molar-refractivity contribution is 5.81. The van der Waals surface area contributed by atoms with Gasteiger partial charge in [0.15, 0.2) is 6.04 Å². The van der Waals surface area contributed by atoms with Crippen LogP contribution in [0.5, 0.6) is 0 Å². The third kappa shape index (κ3) is 6.26. The van der Waals surface area contributed by atoms with Crippen molar-refractivity contribution < 1.29 is 24.2 Å². The lowest BCUT2D eigenvalue weighted by atomic mass is 9.88. The van der Waals surface area contributed by atoms with Gasteiger partial charge in [-0.3, -0.25) is 4.90 Å². The number of carbonyl (C=O) groups excluding carboxylic acids is 1. The summed E-state index contributed by atoms with van der Waals surface area (Å²) in [6.07, 6.45) is 3.86. The first kappa shape index (κ1) is 26.2. The van der Waals surface area contributed by atoms with Crippen LogP contribution in [0.4, 0.5) is 4.79 Å². The van der Waals surface area contributed by atoms with E-state index in [1.807, 2.05) is 24.3 Å². The quantitative estimate of drug-likeness (QED) is 0.438. The van der Waals surface area contributed by atoms with Crippen molar-refractivity contribution >= 4 is 12.1 Å². The first-order valence-corrected chi connectivity index (χ1v) is 13.0. The summed E-state index contributed by atoms with van der Waals surface area (Å²) in [7, 11) is 1.46. The third-order valence-corrected chi connectivity index (χ3v) is 7.54. The number of hydrogen-bond donors (Lipinski definition) is 2. The molecule has 0 bridgehead atoms. The molecule has 2 N–H and O–H groups in total. The molecule has 4 rings (SSSR count). The first-order valence-electron chi connectivity index (χ1n) is 13.0. The van der Waals surface area contributed by atoms with Crippen LogP contribution >= 0.6 is 0 Å². The molecular formula is C29H38N2O5. The molecule has 1 heterocycles. The molecule has 0 radical (unpaired) electrons. The molecule has 0 saturated carbocycles. The SMILES string of the molecule is CC(CCOC[C@@H](C(=O)O)N(C)C(=O)OCC1c2ccccc2-c2ccccc21)CC1CCCNC1. The van der Waals surface area contributed by atoms with Crippen molar-refractivity contribution in [1.82, 2.24) is 10.2 Å². The maximum atomic E-state index is 12.8. The number of carboxylic acid groups (broad SMARTS) is 1. The maximum Gasteiger partial charge on any atom is 0.410 e. The number of likely N-dealkylation sites (N-methyl/N-ethyl adjacent to an activating group) is 1. The average molecular weight is 495 g/mol. The van der Waals surface area contributed by atoms with E-state index in [-0.39, 0.29) is 19.1 Å². The minimum atomic E-state index is -1.10. The number of nitrogens with one attached hydrogen (secondary N) is 1. The summed E-state index contributed by atoms with van der Waals surface area (Å²) in [6.45, 7) is 4.98. The number of aliphatic carboxylic acids is 1. The second-order valence-electron chi connectivity index (χ2n) is 10.2. The first-order chi connectivity index (χ1) is 17.5. The summed E-state index contributed by atoms with van der Waals surface area (Å²) in [5, 5.41) is 13.2. The fourth-order valence-electron chi connectivity index (χ4n) is 5.46. The molecule has 36 heavy (non-hydrogen) atoms. The zero-order valence-corrected chi connectivity index (χ0v) is 21.3. The second kappa shape index (κ2) is 12.4. The van der Waals surface area contributed by atoms with E-state index in [1.54, 1.807) is 0 Å². The van der Waals surface area contributed by atoms with Crippen LogP contribution in [0, 0.1) is 11.8 Å². The van der Waals surface area contributed by atoms with Gasteiger partial charge in [0.25, 0.3) is 0 Å². The highest BCUT2D eigenvalue weighted by Gasteiger charge is 2.32. The molecule has 1 saturated heterocycles. The van der Waals surface area contributed by atoms with E-state index in [0.29, 0.717) is 18.4 Å². The van der Waals surface area contributed by atoms with E-state index in [4.69, 9.17) is 9.47 Å². The maximum absolute atomic E-state index is 12.8. The number of carboxylic acids is 1. The standard InChI is InChI=1S/C29H38N2O5/c1-20(16-21-8-7-14-30-17-21)13-15-35-19-27(28(32)33)31(2)29(34)36-18-26-24-11-5-3-9-22(24)23-10-4-6-12-25(23)26/h3-6,9-12,20-21,26-27,30H,7-8,13-19H2,1-2H3,(H,32,33)/t20?,21?,27-/m0/s1. The smallest absolute Gasteiger partial charge is 0.410 e. The van der Waals surface area contributed by atoms with Crippen LogP contribution in [-0.4, -0.2) is 68.1 Å². The molecule has 1 amide bonds. The van der Waals surface area contributed by atoms with Gasteiger partial charge in [0.1, 0.15) is 6.61 Å². The van der Waals surface area contributed by atoms with E-state index < -0.39 is 18.1 Å². The van der Waals surface area contributed by atoms with Gasteiger partial charge >= 0.3 is 12.1 Å². The lowest BCUT2D eigenvalue weighted by molar-refractivity contribution is -0.144. The van der Waals surface area contributed by atoms with Crippen molar-refractivity contribution in [3.05, 3.63) is 59.7 Å². The Morgan fingerprint density at radius 2 is 1.78 bits per heavy atom. The minimum absolute atomic E-state index is 0.0618. The van der Waals surface area contributed by atoms with Crippen LogP contribution in [0.3, 0.4) is 0 Å². The number of piperidine rings is 1. The van der Waals surface area contributed by atoms with Crippen molar-refractivity contribution in [3.8, 4) is 11.1 Å². The average Bonchev–Trinajstić information content (AvgIpc) is 3.21. The van der Waals surface area contributed by atoms with Gasteiger partial charge in [0.05, 0.1) is 6.61 Å². The fourth-order valence-corrected chi connectivity index (χ4v) is 5.46. The molecule has 2 aromatic rings. The number of ether oxygens (including phenoxy) is 2. The minimum Gasteiger partial charge on any atom is -0.480 e. The van der Waals surface area contributed by atoms with E-state index in [9.17, 15) is 14.7 Å². The number of carbonyl (C=O) groups is 2. The van der Waals surface area contributed by atoms with Crippen molar-refractivity contribution in [2.45, 2.75) is 44.6 Å². The van der Waals surface area contributed by atoms with Gasteiger partial charge in [-0.2, -0.15) is 0 Å². The van der Waals surface area contributed by atoms with E-state index in [0.717, 1.165) is 53.1 Å². The largest absolute Gasteiger partial charge is 0.480 e. The second-order valence-corrected chi connectivity index (χ2v) is 10.2. The number of benzene rings is 2. The number of fused-ring (bicyclic) bond motifs is 3. The van der Waals surface area contributed by atoms with Crippen LogP contribution < -0.4 is 5.32 Å². The summed E-state index contributed by atoms with van der Waals surface area (Å²) in [4.78, 5) is 25.8. The molecule has 1 aliphatic heterocycles. The topological polar surface area (TPSA) is 88.1 Å². The number of amides is 1. The molecule has 2 aromatic carbocycles. The summed E-state index contributed by atoms with van der Waals surface area (Å²) in [6, 6.07) is 15.1. The third-order valence-electron chi connectivity index (χ3n) is 7.54. The molecule has 1 fully saturated rings. The molecule has 0 spiro atoms. The van der Waals surface area contributed by atoms with Crippen LogP contribution in [0.1, 0.15) is 49.7 Å². The van der Waals surface area contributed by atoms with Crippen molar-refractivity contribution in [2.75, 3.05) is 40.0 Å². The van der Waals surface area contributed by atoms with Gasteiger partial charge in [-0.25, -0.2) is 9.59 Å².